The van der Waals surface area contributed by atoms with Gasteiger partial charge in [-0.15, -0.1) is 0 Å². The third-order valence-electron chi connectivity index (χ3n) is 2.34. The standard InChI is InChI=1S/C10H15N3O10/c14-6(15)1-4(9(20)21)12-13(11-3-8(18)19)5(10(22)23)2-7(16)17/h4-5,11-12H,1-3H2,(H,14,15)(H,16,17)(H,18,19)(H,20,21)(H,22,23)/t4-,5-/m0/s1. The van der Waals surface area contributed by atoms with E-state index in [2.05, 4.69) is 0 Å². The van der Waals surface area contributed by atoms with Crippen molar-refractivity contribution in [3.63, 3.8) is 0 Å². The van der Waals surface area contributed by atoms with Crippen molar-refractivity contribution >= 4 is 29.8 Å². The van der Waals surface area contributed by atoms with Gasteiger partial charge in [-0.1, -0.05) is 0 Å². The number of carboxylic acids is 5. The molecule has 0 saturated carbocycles. The summed E-state index contributed by atoms with van der Waals surface area (Å²) in [7, 11) is 0. The number of carboxylic acid groups (broad SMARTS) is 5. The Hall–Kier alpha value is -2.77. The third-order valence-corrected chi connectivity index (χ3v) is 2.34. The normalized spacial score (nSPS) is 13.3. The summed E-state index contributed by atoms with van der Waals surface area (Å²) in [5, 5.41) is 44.1. The van der Waals surface area contributed by atoms with Crippen LogP contribution in [-0.2, 0) is 24.0 Å². The number of aliphatic carboxylic acids is 5. The molecule has 0 aliphatic rings. The molecular formula is C10H15N3O10. The van der Waals surface area contributed by atoms with Crippen molar-refractivity contribution in [1.82, 2.24) is 16.0 Å². The van der Waals surface area contributed by atoms with Crippen LogP contribution >= 0.6 is 0 Å². The molecule has 130 valence electrons. The number of carbonyl (C=O) groups is 5. The Bertz CT molecular complexity index is 493. The van der Waals surface area contributed by atoms with Gasteiger partial charge in [0.15, 0.2) is 0 Å². The van der Waals surface area contributed by atoms with Gasteiger partial charge in [0.05, 0.1) is 12.8 Å². The van der Waals surface area contributed by atoms with Crippen LogP contribution in [0.3, 0.4) is 0 Å². The summed E-state index contributed by atoms with van der Waals surface area (Å²) in [5.41, 5.74) is 3.95. The predicted octanol–water partition coefficient (Wildman–Crippen LogP) is -2.76. The Morgan fingerprint density at radius 1 is 0.783 bits per heavy atom. The van der Waals surface area contributed by atoms with Crippen molar-refractivity contribution in [2.24, 2.45) is 0 Å². The summed E-state index contributed by atoms with van der Waals surface area (Å²) >= 11 is 0. The van der Waals surface area contributed by atoms with Crippen LogP contribution in [0, 0.1) is 0 Å². The highest BCUT2D eigenvalue weighted by atomic mass is 16.4. The Labute approximate surface area is 128 Å². The zero-order chi connectivity index (χ0) is 18.2. The molecule has 23 heavy (non-hydrogen) atoms. The number of rotatable bonds is 12. The second-order valence-electron chi connectivity index (χ2n) is 4.17. The van der Waals surface area contributed by atoms with E-state index >= 15 is 0 Å². The number of hydrazine groups is 2. The van der Waals surface area contributed by atoms with Crippen molar-refractivity contribution in [2.45, 2.75) is 24.9 Å². The molecule has 0 bridgehead atoms. The second-order valence-corrected chi connectivity index (χ2v) is 4.17. The lowest BCUT2D eigenvalue weighted by atomic mass is 10.2. The van der Waals surface area contributed by atoms with Crippen LogP contribution < -0.4 is 10.9 Å². The highest BCUT2D eigenvalue weighted by Crippen LogP contribution is 2.03. The maximum atomic E-state index is 11.1. The number of hydrogen-bond donors (Lipinski definition) is 7. The van der Waals surface area contributed by atoms with Crippen molar-refractivity contribution in [3.8, 4) is 0 Å². The minimum Gasteiger partial charge on any atom is -0.481 e. The molecule has 0 saturated heterocycles. The second kappa shape index (κ2) is 9.29. The first kappa shape index (κ1) is 20.2. The van der Waals surface area contributed by atoms with Gasteiger partial charge in [-0.05, 0) is 0 Å². The van der Waals surface area contributed by atoms with Gasteiger partial charge in [-0.2, -0.15) is 5.12 Å². The van der Waals surface area contributed by atoms with E-state index in [0.29, 0.717) is 5.12 Å². The van der Waals surface area contributed by atoms with Crippen LogP contribution in [0.5, 0.6) is 0 Å². The van der Waals surface area contributed by atoms with Crippen LogP contribution in [0.15, 0.2) is 0 Å². The fourth-order valence-corrected chi connectivity index (χ4v) is 1.38. The van der Waals surface area contributed by atoms with E-state index in [1.807, 2.05) is 10.9 Å². The molecule has 0 aromatic heterocycles. The van der Waals surface area contributed by atoms with E-state index in [9.17, 15) is 24.0 Å². The van der Waals surface area contributed by atoms with Crippen molar-refractivity contribution < 1.29 is 49.5 Å². The van der Waals surface area contributed by atoms with Gasteiger partial charge in [0.1, 0.15) is 18.6 Å². The van der Waals surface area contributed by atoms with E-state index in [1.165, 1.54) is 0 Å². The molecular weight excluding hydrogens is 322 g/mol. The summed E-state index contributed by atoms with van der Waals surface area (Å²) in [6.45, 7) is -0.865. The first-order valence-electron chi connectivity index (χ1n) is 5.94. The van der Waals surface area contributed by atoms with E-state index in [4.69, 9.17) is 25.5 Å². The fourth-order valence-electron chi connectivity index (χ4n) is 1.38. The van der Waals surface area contributed by atoms with Crippen LogP contribution in [-0.4, -0.2) is 79.1 Å². The smallest absolute Gasteiger partial charge is 0.324 e. The average molecular weight is 337 g/mol. The molecule has 0 aliphatic heterocycles. The molecule has 0 aromatic rings. The fraction of sp³-hybridized carbons (Fsp3) is 0.500. The van der Waals surface area contributed by atoms with Gasteiger partial charge in [0.25, 0.3) is 0 Å². The largest absolute Gasteiger partial charge is 0.481 e. The lowest BCUT2D eigenvalue weighted by molar-refractivity contribution is -0.158. The van der Waals surface area contributed by atoms with E-state index < -0.39 is 61.3 Å². The third kappa shape index (κ3) is 8.30. The van der Waals surface area contributed by atoms with E-state index in [1.54, 1.807) is 0 Å². The van der Waals surface area contributed by atoms with Gasteiger partial charge in [-0.3, -0.25) is 24.0 Å². The molecule has 0 spiro atoms. The monoisotopic (exact) mass is 337 g/mol. The number of hydrogen-bond acceptors (Lipinski definition) is 8. The van der Waals surface area contributed by atoms with Gasteiger partial charge >= 0.3 is 29.8 Å². The Morgan fingerprint density at radius 2 is 1.30 bits per heavy atom. The Morgan fingerprint density at radius 3 is 1.65 bits per heavy atom. The SMILES string of the molecule is O=C(O)CNN(N[C@@H](CC(=O)O)C(=O)O)[C@@H](CC(=O)O)C(=O)O. The summed E-state index contributed by atoms with van der Waals surface area (Å²) in [4.78, 5) is 53.9. The van der Waals surface area contributed by atoms with Crippen LogP contribution in [0.25, 0.3) is 0 Å². The molecule has 7 N–H and O–H groups in total. The summed E-state index contributed by atoms with van der Waals surface area (Å²) in [6.07, 6.45) is -1.96. The molecule has 0 aromatic carbocycles. The zero-order valence-electron chi connectivity index (χ0n) is 11.5. The maximum absolute atomic E-state index is 11.1. The summed E-state index contributed by atoms with van der Waals surface area (Å²) < 4.78 is 0. The summed E-state index contributed by atoms with van der Waals surface area (Å²) in [5.74, 6) is -7.87. The number of nitrogens with zero attached hydrogens (tertiary/aromatic N) is 1. The maximum Gasteiger partial charge on any atom is 0.324 e. The highest BCUT2D eigenvalue weighted by molar-refractivity contribution is 5.82. The molecule has 2 atom stereocenters. The molecule has 0 unspecified atom stereocenters. The highest BCUT2D eigenvalue weighted by Gasteiger charge is 2.33. The van der Waals surface area contributed by atoms with Crippen LogP contribution in [0.1, 0.15) is 12.8 Å². The quantitative estimate of drug-likeness (QED) is 0.180. The molecule has 0 aliphatic carbocycles. The molecule has 13 heteroatoms. The van der Waals surface area contributed by atoms with Crippen molar-refractivity contribution in [1.29, 1.82) is 0 Å². The van der Waals surface area contributed by atoms with Gasteiger partial charge in [0.2, 0.25) is 0 Å². The van der Waals surface area contributed by atoms with Crippen LogP contribution in [0.4, 0.5) is 0 Å². The van der Waals surface area contributed by atoms with Crippen LogP contribution in [0.2, 0.25) is 0 Å². The molecule has 0 rings (SSSR count). The lowest BCUT2D eigenvalue weighted by Crippen LogP contribution is -2.62. The number of nitrogens with one attached hydrogen (secondary N) is 2. The lowest BCUT2D eigenvalue weighted by Gasteiger charge is -2.30. The minimum absolute atomic E-state index is 0.353. The molecule has 0 radical (unpaired) electrons. The van der Waals surface area contributed by atoms with Gasteiger partial charge in [0, 0.05) is 0 Å². The first-order chi connectivity index (χ1) is 10.5. The molecule has 0 amide bonds. The molecule has 0 heterocycles. The average Bonchev–Trinajstić information content (AvgIpc) is 2.38. The molecule has 13 nitrogen and oxygen atoms in total. The predicted molar refractivity (Wildman–Crippen MR) is 68.0 cm³/mol. The minimum atomic E-state index is -1.89. The van der Waals surface area contributed by atoms with E-state index in [-0.39, 0.29) is 0 Å². The van der Waals surface area contributed by atoms with E-state index in [0.717, 1.165) is 0 Å². The zero-order valence-corrected chi connectivity index (χ0v) is 11.5. The topological polar surface area (TPSA) is 214 Å². The Balaban J connectivity index is 5.32. The van der Waals surface area contributed by atoms with Gasteiger partial charge < -0.3 is 25.5 Å². The Kier molecular flexibility index (Phi) is 8.17. The van der Waals surface area contributed by atoms with Gasteiger partial charge in [-0.25, -0.2) is 10.9 Å². The first-order valence-corrected chi connectivity index (χ1v) is 5.94. The summed E-state index contributed by atoms with van der Waals surface area (Å²) in [6, 6.07) is -3.70. The molecule has 0 fully saturated rings. The van der Waals surface area contributed by atoms with Crippen molar-refractivity contribution in [3.05, 3.63) is 0 Å². The van der Waals surface area contributed by atoms with Crippen molar-refractivity contribution in [2.75, 3.05) is 6.54 Å².